The monoisotopic (exact) mass is 135 g/mol. The van der Waals surface area contributed by atoms with E-state index >= 15 is 0 Å². The van der Waals surface area contributed by atoms with Crippen LogP contribution in [0, 0.1) is 0 Å². The Morgan fingerprint density at radius 3 is 2.67 bits per heavy atom. The topological polar surface area (TPSA) is 29.1 Å². The van der Waals surface area contributed by atoms with Crippen LogP contribution in [-0.2, 0) is 4.79 Å². The number of rotatable bonds is 3. The molecule has 1 amide bonds. The summed E-state index contributed by atoms with van der Waals surface area (Å²) in [6.07, 6.45) is -1.54. The van der Waals surface area contributed by atoms with Crippen molar-refractivity contribution < 1.29 is 13.6 Å². The molecule has 0 aliphatic carbocycles. The summed E-state index contributed by atoms with van der Waals surface area (Å²) in [6, 6.07) is 0. The Hall–Kier alpha value is -0.930. The summed E-state index contributed by atoms with van der Waals surface area (Å²) in [5, 5.41) is 1.92. The average Bonchev–Trinajstić information content (AvgIpc) is 1.83. The van der Waals surface area contributed by atoms with Gasteiger partial charge in [-0.2, -0.15) is 0 Å². The first-order chi connectivity index (χ1) is 4.16. The van der Waals surface area contributed by atoms with E-state index < -0.39 is 18.9 Å². The maximum absolute atomic E-state index is 11.3. The van der Waals surface area contributed by atoms with E-state index in [4.69, 9.17) is 0 Å². The fourth-order valence-corrected chi connectivity index (χ4v) is 0.250. The van der Waals surface area contributed by atoms with Gasteiger partial charge < -0.3 is 5.32 Å². The molecular formula is C5H7F2NO. The molecule has 0 heterocycles. The highest BCUT2D eigenvalue weighted by Gasteiger charge is 2.01. The fourth-order valence-electron chi connectivity index (χ4n) is 0.250. The van der Waals surface area contributed by atoms with Gasteiger partial charge in [-0.1, -0.05) is 6.58 Å². The molecule has 0 aromatic rings. The third kappa shape index (κ3) is 4.93. The molecule has 4 heteroatoms. The van der Waals surface area contributed by atoms with Crippen molar-refractivity contribution in [3.63, 3.8) is 0 Å². The molecule has 0 radical (unpaired) electrons. The molecule has 0 unspecified atom stereocenters. The van der Waals surface area contributed by atoms with Crippen molar-refractivity contribution in [1.29, 1.82) is 0 Å². The lowest BCUT2D eigenvalue weighted by Crippen LogP contribution is -2.26. The highest BCUT2D eigenvalue weighted by atomic mass is 19.3. The van der Waals surface area contributed by atoms with Gasteiger partial charge in [0.05, 0.1) is 6.54 Å². The van der Waals surface area contributed by atoms with Crippen LogP contribution in [0.4, 0.5) is 8.78 Å². The number of hydrogen-bond acceptors (Lipinski definition) is 1. The summed E-state index contributed by atoms with van der Waals surface area (Å²) >= 11 is 0. The minimum Gasteiger partial charge on any atom is -0.347 e. The van der Waals surface area contributed by atoms with Gasteiger partial charge in [-0.05, 0) is 6.08 Å². The van der Waals surface area contributed by atoms with E-state index in [0.717, 1.165) is 6.08 Å². The second-order valence-electron chi connectivity index (χ2n) is 1.34. The van der Waals surface area contributed by atoms with Crippen LogP contribution in [-0.4, -0.2) is 18.9 Å². The zero-order valence-corrected chi connectivity index (χ0v) is 4.73. The molecule has 9 heavy (non-hydrogen) atoms. The van der Waals surface area contributed by atoms with Gasteiger partial charge in [-0.3, -0.25) is 4.79 Å². The first-order valence-corrected chi connectivity index (χ1v) is 2.35. The first-order valence-electron chi connectivity index (χ1n) is 2.35. The van der Waals surface area contributed by atoms with Gasteiger partial charge in [0.15, 0.2) is 0 Å². The fraction of sp³-hybridized carbons (Fsp3) is 0.400. The number of halogens is 2. The molecule has 0 saturated carbocycles. The molecule has 0 aromatic heterocycles. The van der Waals surface area contributed by atoms with Crippen LogP contribution >= 0.6 is 0 Å². The lowest BCUT2D eigenvalue weighted by atomic mass is 10.5. The number of hydrogen-bond donors (Lipinski definition) is 1. The van der Waals surface area contributed by atoms with Gasteiger partial charge in [0.2, 0.25) is 5.91 Å². The predicted octanol–water partition coefficient (Wildman–Crippen LogP) is 0.554. The van der Waals surface area contributed by atoms with Gasteiger partial charge >= 0.3 is 0 Å². The SMILES string of the molecule is C=CC(=O)NCC(F)F. The Balaban J connectivity index is 3.27. The zero-order chi connectivity index (χ0) is 7.28. The van der Waals surface area contributed by atoms with Gasteiger partial charge in [0, 0.05) is 0 Å². The summed E-state index contributed by atoms with van der Waals surface area (Å²) in [4.78, 5) is 10.2. The number of alkyl halides is 2. The second-order valence-corrected chi connectivity index (χ2v) is 1.34. The van der Waals surface area contributed by atoms with Crippen molar-refractivity contribution in [3.8, 4) is 0 Å². The number of carbonyl (C=O) groups excluding carboxylic acids is 1. The van der Waals surface area contributed by atoms with Gasteiger partial charge in [0.25, 0.3) is 6.43 Å². The van der Waals surface area contributed by atoms with Crippen LogP contribution in [0.15, 0.2) is 12.7 Å². The van der Waals surface area contributed by atoms with Crippen molar-refractivity contribution in [1.82, 2.24) is 5.32 Å². The molecule has 0 bridgehead atoms. The van der Waals surface area contributed by atoms with Crippen LogP contribution in [0.25, 0.3) is 0 Å². The third-order valence-corrected chi connectivity index (χ3v) is 0.616. The number of nitrogens with one attached hydrogen (secondary N) is 1. The molecule has 0 aliphatic rings. The predicted molar refractivity (Wildman–Crippen MR) is 29.2 cm³/mol. The van der Waals surface area contributed by atoms with E-state index in [2.05, 4.69) is 6.58 Å². The van der Waals surface area contributed by atoms with Crippen molar-refractivity contribution in [2.75, 3.05) is 6.54 Å². The lowest BCUT2D eigenvalue weighted by molar-refractivity contribution is -0.117. The first kappa shape index (κ1) is 8.07. The van der Waals surface area contributed by atoms with Crippen molar-refractivity contribution in [3.05, 3.63) is 12.7 Å². The quantitative estimate of drug-likeness (QED) is 0.562. The van der Waals surface area contributed by atoms with Gasteiger partial charge in [0.1, 0.15) is 0 Å². The Bertz CT molecular complexity index is 114. The third-order valence-electron chi connectivity index (χ3n) is 0.616. The van der Waals surface area contributed by atoms with Crippen LogP contribution in [0.3, 0.4) is 0 Å². The molecule has 0 spiro atoms. The van der Waals surface area contributed by atoms with Crippen molar-refractivity contribution in [2.45, 2.75) is 6.43 Å². The molecule has 0 aliphatic heterocycles. The van der Waals surface area contributed by atoms with Crippen molar-refractivity contribution in [2.24, 2.45) is 0 Å². The standard InChI is InChI=1S/C5H7F2NO/c1-2-5(9)8-3-4(6)7/h2,4H,1,3H2,(H,8,9). The Kier molecular flexibility index (Phi) is 3.59. The molecule has 0 rings (SSSR count). The highest BCUT2D eigenvalue weighted by Crippen LogP contribution is 1.86. The molecule has 0 saturated heterocycles. The highest BCUT2D eigenvalue weighted by molar-refractivity contribution is 5.86. The van der Waals surface area contributed by atoms with E-state index in [0.29, 0.717) is 0 Å². The molecular weight excluding hydrogens is 128 g/mol. The summed E-state index contributed by atoms with van der Waals surface area (Å²) < 4.78 is 22.6. The molecule has 0 aromatic carbocycles. The number of amides is 1. The second kappa shape index (κ2) is 4.00. The Labute approximate surface area is 51.6 Å². The molecule has 1 N–H and O–H groups in total. The molecule has 0 fully saturated rings. The lowest BCUT2D eigenvalue weighted by Gasteiger charge is -1.97. The number of carbonyl (C=O) groups is 1. The molecule has 0 atom stereocenters. The van der Waals surface area contributed by atoms with Crippen LogP contribution in [0.2, 0.25) is 0 Å². The maximum Gasteiger partial charge on any atom is 0.255 e. The van der Waals surface area contributed by atoms with E-state index in [1.54, 1.807) is 0 Å². The zero-order valence-electron chi connectivity index (χ0n) is 4.73. The van der Waals surface area contributed by atoms with Crippen LogP contribution in [0.5, 0.6) is 0 Å². The summed E-state index contributed by atoms with van der Waals surface area (Å²) in [7, 11) is 0. The van der Waals surface area contributed by atoms with Crippen molar-refractivity contribution >= 4 is 5.91 Å². The van der Waals surface area contributed by atoms with E-state index in [1.807, 2.05) is 5.32 Å². The minimum atomic E-state index is -2.49. The normalized spacial score (nSPS) is 9.22. The molecule has 52 valence electrons. The summed E-state index contributed by atoms with van der Waals surface area (Å²) in [6.45, 7) is 2.48. The van der Waals surface area contributed by atoms with Crippen LogP contribution < -0.4 is 5.32 Å². The smallest absolute Gasteiger partial charge is 0.255 e. The maximum atomic E-state index is 11.3. The minimum absolute atomic E-state index is 0.574. The van der Waals surface area contributed by atoms with E-state index in [1.165, 1.54) is 0 Å². The summed E-state index contributed by atoms with van der Waals surface area (Å²) in [5.41, 5.74) is 0. The Morgan fingerprint density at radius 1 is 1.78 bits per heavy atom. The largest absolute Gasteiger partial charge is 0.347 e. The van der Waals surface area contributed by atoms with Crippen LogP contribution in [0.1, 0.15) is 0 Å². The van der Waals surface area contributed by atoms with E-state index in [9.17, 15) is 13.6 Å². The van der Waals surface area contributed by atoms with E-state index in [-0.39, 0.29) is 0 Å². The van der Waals surface area contributed by atoms with Gasteiger partial charge in [-0.15, -0.1) is 0 Å². The Morgan fingerprint density at radius 2 is 2.33 bits per heavy atom. The summed E-state index contributed by atoms with van der Waals surface area (Å²) in [5.74, 6) is -0.574. The molecule has 2 nitrogen and oxygen atoms in total. The average molecular weight is 135 g/mol. The van der Waals surface area contributed by atoms with Gasteiger partial charge in [-0.25, -0.2) is 8.78 Å².